The maximum absolute atomic E-state index is 12.7. The number of nitrogens with one attached hydrogen (secondary N) is 1. The molecular formula is C20H21Cl2N3O6. The molecule has 0 aliphatic rings. The van der Waals surface area contributed by atoms with E-state index in [2.05, 4.69) is 15.5 Å². The number of hydrogen-bond donors (Lipinski definition) is 1. The van der Waals surface area contributed by atoms with Crippen LogP contribution < -0.4 is 24.3 Å². The molecule has 0 fully saturated rings. The molecule has 1 atom stereocenters. The molecule has 9 nitrogen and oxygen atoms in total. The molecule has 0 heterocycles. The number of Topliss-reactive ketones (excluding diaryl/α,β-unsaturated/α-hetero) is 1. The quantitative estimate of drug-likeness (QED) is 0.420. The summed E-state index contributed by atoms with van der Waals surface area (Å²) in [5, 5.41) is 10.8. The van der Waals surface area contributed by atoms with Crippen molar-refractivity contribution >= 4 is 46.3 Å². The molecule has 2 aromatic carbocycles. The number of carbonyl (C=O) groups is 2. The highest BCUT2D eigenvalue weighted by Crippen LogP contribution is 2.42. The first-order valence-electron chi connectivity index (χ1n) is 8.82. The Balaban J connectivity index is 2.34. The van der Waals surface area contributed by atoms with Crippen molar-refractivity contribution in [2.45, 2.75) is 13.0 Å². The normalized spacial score (nSPS) is 11.7. The van der Waals surface area contributed by atoms with Crippen molar-refractivity contribution in [3.63, 3.8) is 0 Å². The number of anilines is 1. The summed E-state index contributed by atoms with van der Waals surface area (Å²) in [5.41, 5.74) is 0.448. The van der Waals surface area contributed by atoms with Gasteiger partial charge in [-0.25, -0.2) is 0 Å². The van der Waals surface area contributed by atoms with Crippen molar-refractivity contribution in [2.75, 3.05) is 33.8 Å². The fourth-order valence-electron chi connectivity index (χ4n) is 2.63. The van der Waals surface area contributed by atoms with E-state index in [1.165, 1.54) is 53.6 Å². The maximum atomic E-state index is 12.7. The molecule has 0 aliphatic carbocycles. The van der Waals surface area contributed by atoms with Gasteiger partial charge in [-0.1, -0.05) is 23.2 Å². The van der Waals surface area contributed by atoms with Crippen molar-refractivity contribution in [1.82, 2.24) is 0 Å². The van der Waals surface area contributed by atoms with Crippen molar-refractivity contribution in [3.8, 4) is 23.0 Å². The van der Waals surface area contributed by atoms with Crippen LogP contribution in [0.2, 0.25) is 10.0 Å². The molecule has 31 heavy (non-hydrogen) atoms. The van der Waals surface area contributed by atoms with Gasteiger partial charge in [0.1, 0.15) is 10.7 Å². The van der Waals surface area contributed by atoms with Gasteiger partial charge >= 0.3 is 0 Å². The van der Waals surface area contributed by atoms with Gasteiger partial charge in [0.05, 0.1) is 39.1 Å². The van der Waals surface area contributed by atoms with E-state index >= 15 is 0 Å². The number of rotatable bonds is 9. The summed E-state index contributed by atoms with van der Waals surface area (Å²) < 4.78 is 20.8. The second-order valence-electron chi connectivity index (χ2n) is 6.01. The number of hydrogen-bond acceptors (Lipinski definition) is 8. The molecule has 11 heteroatoms. The molecule has 1 N–H and O–H groups in total. The monoisotopic (exact) mass is 469 g/mol. The SMILES string of the molecule is COc1ccc(N=NC(C(C)=O)C(=O)Nc2ccc(Cl)c(OC)c2OC)c(Cl)c1OC. The Morgan fingerprint density at radius 1 is 0.903 bits per heavy atom. The van der Waals surface area contributed by atoms with E-state index in [1.54, 1.807) is 6.07 Å². The number of amides is 1. The lowest BCUT2D eigenvalue weighted by molar-refractivity contribution is -0.126. The van der Waals surface area contributed by atoms with Crippen LogP contribution in [0.5, 0.6) is 23.0 Å². The minimum absolute atomic E-state index is 0.123. The van der Waals surface area contributed by atoms with Crippen LogP contribution in [0.1, 0.15) is 6.92 Å². The third kappa shape index (κ3) is 5.36. The lowest BCUT2D eigenvalue weighted by atomic mass is 10.2. The first kappa shape index (κ1) is 24.2. The molecule has 2 rings (SSSR count). The largest absolute Gasteiger partial charge is 0.493 e. The molecule has 0 aliphatic heterocycles. The Hall–Kier alpha value is -3.04. The number of azo groups is 1. The van der Waals surface area contributed by atoms with Crippen molar-refractivity contribution in [2.24, 2.45) is 10.2 Å². The van der Waals surface area contributed by atoms with Gasteiger partial charge in [0.15, 0.2) is 28.8 Å². The van der Waals surface area contributed by atoms with Crippen LogP contribution in [-0.2, 0) is 9.59 Å². The summed E-state index contributed by atoms with van der Waals surface area (Å²) in [5.74, 6) is -0.169. The Morgan fingerprint density at radius 2 is 1.55 bits per heavy atom. The van der Waals surface area contributed by atoms with Gasteiger partial charge in [0.2, 0.25) is 6.04 Å². The first-order chi connectivity index (χ1) is 14.8. The predicted molar refractivity (Wildman–Crippen MR) is 117 cm³/mol. The third-order valence-corrected chi connectivity index (χ3v) is 4.77. The number of carbonyl (C=O) groups excluding carboxylic acids is 2. The van der Waals surface area contributed by atoms with Crippen LogP contribution in [0.15, 0.2) is 34.5 Å². The molecule has 0 aromatic heterocycles. The molecule has 0 radical (unpaired) electrons. The molecule has 0 saturated carbocycles. The summed E-state index contributed by atoms with van der Waals surface area (Å²) in [6.45, 7) is 1.22. The highest BCUT2D eigenvalue weighted by Gasteiger charge is 2.26. The second kappa shape index (κ2) is 10.8. The molecule has 1 unspecified atom stereocenters. The van der Waals surface area contributed by atoms with E-state index in [-0.39, 0.29) is 33.6 Å². The van der Waals surface area contributed by atoms with Gasteiger partial charge in [0, 0.05) is 0 Å². The van der Waals surface area contributed by atoms with Crippen molar-refractivity contribution in [3.05, 3.63) is 34.3 Å². The molecular weight excluding hydrogens is 449 g/mol. The van der Waals surface area contributed by atoms with E-state index in [9.17, 15) is 9.59 Å². The van der Waals surface area contributed by atoms with Gasteiger partial charge in [-0.05, 0) is 31.2 Å². The summed E-state index contributed by atoms with van der Waals surface area (Å²) in [6.07, 6.45) is 0. The fourth-order valence-corrected chi connectivity index (χ4v) is 3.12. The standard InChI is InChI=1S/C20H21Cl2N3O6/c1-10(26)16(25-24-12-8-9-14(28-2)19(31-5)15(12)22)20(27)23-13-7-6-11(21)17(29-3)18(13)30-4/h6-9,16H,1-5H3,(H,23,27). The number of ketones is 1. The van der Waals surface area contributed by atoms with Crippen LogP contribution >= 0.6 is 23.2 Å². The zero-order chi connectivity index (χ0) is 23.1. The molecule has 2 aromatic rings. The van der Waals surface area contributed by atoms with Crippen LogP contribution in [-0.4, -0.2) is 46.2 Å². The molecule has 0 spiro atoms. The fraction of sp³-hybridized carbons (Fsp3) is 0.300. The molecule has 1 amide bonds. The van der Waals surface area contributed by atoms with Crippen LogP contribution in [0.4, 0.5) is 11.4 Å². The topological polar surface area (TPSA) is 108 Å². The summed E-state index contributed by atoms with van der Waals surface area (Å²) in [4.78, 5) is 24.8. The van der Waals surface area contributed by atoms with Gasteiger partial charge in [-0.2, -0.15) is 10.2 Å². The minimum Gasteiger partial charge on any atom is -0.493 e. The van der Waals surface area contributed by atoms with Crippen LogP contribution in [0.3, 0.4) is 0 Å². The Labute approximate surface area is 189 Å². The zero-order valence-corrected chi connectivity index (χ0v) is 19.0. The predicted octanol–water partition coefficient (Wildman–Crippen LogP) is 4.71. The number of benzene rings is 2. The maximum Gasteiger partial charge on any atom is 0.258 e. The highest BCUT2D eigenvalue weighted by atomic mass is 35.5. The average Bonchev–Trinajstić information content (AvgIpc) is 2.75. The number of halogens is 2. The smallest absolute Gasteiger partial charge is 0.258 e. The van der Waals surface area contributed by atoms with Gasteiger partial charge in [0.25, 0.3) is 5.91 Å². The van der Waals surface area contributed by atoms with Gasteiger partial charge < -0.3 is 24.3 Å². The molecule has 0 bridgehead atoms. The number of methoxy groups -OCH3 is 4. The second-order valence-corrected chi connectivity index (χ2v) is 6.80. The number of ether oxygens (including phenoxy) is 4. The van der Waals surface area contributed by atoms with Crippen molar-refractivity contribution < 1.29 is 28.5 Å². The van der Waals surface area contributed by atoms with E-state index in [4.69, 9.17) is 42.1 Å². The van der Waals surface area contributed by atoms with Gasteiger partial charge in [-0.3, -0.25) is 9.59 Å². The lowest BCUT2D eigenvalue weighted by Crippen LogP contribution is -2.32. The Bertz CT molecular complexity index is 1010. The molecule has 0 saturated heterocycles. The average molecular weight is 470 g/mol. The highest BCUT2D eigenvalue weighted by molar-refractivity contribution is 6.34. The van der Waals surface area contributed by atoms with E-state index in [1.807, 2.05) is 0 Å². The summed E-state index contributed by atoms with van der Waals surface area (Å²) in [7, 11) is 5.69. The van der Waals surface area contributed by atoms with Crippen molar-refractivity contribution in [1.29, 1.82) is 0 Å². The first-order valence-corrected chi connectivity index (χ1v) is 9.57. The Kier molecular flexibility index (Phi) is 8.47. The summed E-state index contributed by atoms with van der Waals surface area (Å²) in [6, 6.07) is 4.70. The lowest BCUT2D eigenvalue weighted by Gasteiger charge is -2.16. The Morgan fingerprint density at radius 3 is 2.10 bits per heavy atom. The van der Waals surface area contributed by atoms with Crippen LogP contribution in [0.25, 0.3) is 0 Å². The third-order valence-electron chi connectivity index (χ3n) is 4.11. The zero-order valence-electron chi connectivity index (χ0n) is 17.5. The molecule has 166 valence electrons. The van der Waals surface area contributed by atoms with E-state index < -0.39 is 17.7 Å². The summed E-state index contributed by atoms with van der Waals surface area (Å²) >= 11 is 12.3. The van der Waals surface area contributed by atoms with Crippen LogP contribution in [0, 0.1) is 0 Å². The minimum atomic E-state index is -1.43. The van der Waals surface area contributed by atoms with E-state index in [0.29, 0.717) is 10.8 Å². The number of nitrogens with zero attached hydrogens (tertiary/aromatic N) is 2. The van der Waals surface area contributed by atoms with E-state index in [0.717, 1.165) is 0 Å². The van der Waals surface area contributed by atoms with Gasteiger partial charge in [-0.15, -0.1) is 0 Å².